The predicted octanol–water partition coefficient (Wildman–Crippen LogP) is 7.33. The maximum Gasteiger partial charge on any atom is 0.343 e. The minimum absolute atomic E-state index is 0.378. The van der Waals surface area contributed by atoms with Crippen LogP contribution in [0.2, 0.25) is 5.02 Å². The van der Waals surface area contributed by atoms with Gasteiger partial charge in [0.05, 0.1) is 18.8 Å². The molecule has 0 atom stereocenters. The number of halogens is 1. The number of morpholine rings is 1. The molecule has 0 unspecified atom stereocenters. The Balaban J connectivity index is 1.34. The minimum atomic E-state index is -0.378. The summed E-state index contributed by atoms with van der Waals surface area (Å²) in [6.07, 6.45) is 0.773. The number of nitrogens with zero attached hydrogens (tertiary/aromatic N) is 1. The van der Waals surface area contributed by atoms with Crippen molar-refractivity contribution in [1.29, 1.82) is 0 Å². The molecule has 5 nitrogen and oxygen atoms in total. The van der Waals surface area contributed by atoms with E-state index >= 15 is 0 Å². The van der Waals surface area contributed by atoms with Gasteiger partial charge in [-0.15, -0.1) is 0 Å². The summed E-state index contributed by atoms with van der Waals surface area (Å²) in [6.45, 7) is 7.16. The number of rotatable bonds is 10. The Labute approximate surface area is 246 Å². The molecule has 0 spiro atoms. The fourth-order valence-corrected chi connectivity index (χ4v) is 5.05. The van der Waals surface area contributed by atoms with E-state index < -0.39 is 0 Å². The highest BCUT2D eigenvalue weighted by Crippen LogP contribution is 2.31. The van der Waals surface area contributed by atoms with E-state index in [1.165, 1.54) is 11.1 Å². The standard InChI is InChI=1S/C35H34ClNO4/c1-26(25-27-7-13-31(36)14-8-27)34(28-9-15-32(16-10-28)40-24-21-37-19-22-39-23-20-37)29-11-17-33(18-12-29)41-35(38)30-5-3-2-4-6-30/h2-18H,19-25H2,1H3/b34-26-. The Hall–Kier alpha value is -3.90. The molecule has 0 bridgehead atoms. The van der Waals surface area contributed by atoms with Gasteiger partial charge in [0.15, 0.2) is 0 Å². The molecule has 1 aliphatic heterocycles. The van der Waals surface area contributed by atoms with Gasteiger partial charge in [0.25, 0.3) is 0 Å². The van der Waals surface area contributed by atoms with E-state index in [2.05, 4.69) is 36.1 Å². The summed E-state index contributed by atoms with van der Waals surface area (Å²) in [6, 6.07) is 32.9. The van der Waals surface area contributed by atoms with E-state index in [1.54, 1.807) is 12.1 Å². The van der Waals surface area contributed by atoms with Gasteiger partial charge in [-0.2, -0.15) is 0 Å². The summed E-state index contributed by atoms with van der Waals surface area (Å²) in [5.74, 6) is 0.971. The third kappa shape index (κ3) is 8.08. The van der Waals surface area contributed by atoms with Crippen molar-refractivity contribution in [3.8, 4) is 11.5 Å². The van der Waals surface area contributed by atoms with Crippen molar-refractivity contribution in [2.75, 3.05) is 39.5 Å². The zero-order chi connectivity index (χ0) is 28.4. The Morgan fingerprint density at radius 2 is 1.39 bits per heavy atom. The number of carbonyl (C=O) groups excluding carboxylic acids is 1. The second-order valence-corrected chi connectivity index (χ2v) is 10.5. The SMILES string of the molecule is C/C(Cc1ccc(Cl)cc1)=C(\c1ccc(OCCN2CCOCC2)cc1)c1ccc(OC(=O)c2ccccc2)cc1. The molecule has 1 heterocycles. The van der Waals surface area contributed by atoms with Crippen LogP contribution in [0.3, 0.4) is 0 Å². The highest BCUT2D eigenvalue weighted by molar-refractivity contribution is 6.30. The number of esters is 1. The van der Waals surface area contributed by atoms with Gasteiger partial charge in [0.1, 0.15) is 18.1 Å². The number of allylic oxidation sites excluding steroid dienone is 1. The Kier molecular flexibility index (Phi) is 9.87. The normalized spacial score (nSPS) is 14.3. The first-order chi connectivity index (χ1) is 20.0. The molecular weight excluding hydrogens is 534 g/mol. The molecule has 4 aromatic rings. The number of hydrogen-bond acceptors (Lipinski definition) is 5. The lowest BCUT2D eigenvalue weighted by Gasteiger charge is -2.26. The molecule has 210 valence electrons. The molecule has 0 saturated carbocycles. The largest absolute Gasteiger partial charge is 0.492 e. The fraction of sp³-hybridized carbons (Fsp3) is 0.229. The van der Waals surface area contributed by atoms with E-state index in [9.17, 15) is 4.79 Å². The van der Waals surface area contributed by atoms with Gasteiger partial charge in [-0.1, -0.05) is 71.8 Å². The molecule has 0 N–H and O–H groups in total. The molecule has 0 aliphatic carbocycles. The smallest absolute Gasteiger partial charge is 0.343 e. The van der Waals surface area contributed by atoms with Gasteiger partial charge in [-0.05, 0) is 84.1 Å². The zero-order valence-electron chi connectivity index (χ0n) is 23.2. The van der Waals surface area contributed by atoms with Crippen molar-refractivity contribution < 1.29 is 19.0 Å². The highest BCUT2D eigenvalue weighted by atomic mass is 35.5. The van der Waals surface area contributed by atoms with Crippen LogP contribution in [0.5, 0.6) is 11.5 Å². The van der Waals surface area contributed by atoms with E-state index in [1.807, 2.05) is 66.7 Å². The summed E-state index contributed by atoms with van der Waals surface area (Å²) in [5, 5.41) is 0.723. The van der Waals surface area contributed by atoms with Gasteiger partial charge in [0, 0.05) is 24.7 Å². The lowest BCUT2D eigenvalue weighted by atomic mass is 9.90. The topological polar surface area (TPSA) is 48.0 Å². The average Bonchev–Trinajstić information content (AvgIpc) is 3.01. The highest BCUT2D eigenvalue weighted by Gasteiger charge is 2.14. The summed E-state index contributed by atoms with van der Waals surface area (Å²) in [4.78, 5) is 14.9. The van der Waals surface area contributed by atoms with Crippen LogP contribution < -0.4 is 9.47 Å². The van der Waals surface area contributed by atoms with E-state index in [-0.39, 0.29) is 5.97 Å². The van der Waals surface area contributed by atoms with Crippen LogP contribution in [-0.4, -0.2) is 50.3 Å². The van der Waals surface area contributed by atoms with Crippen LogP contribution in [0.1, 0.15) is 34.0 Å². The minimum Gasteiger partial charge on any atom is -0.492 e. The monoisotopic (exact) mass is 567 g/mol. The molecule has 0 amide bonds. The second kappa shape index (κ2) is 14.1. The third-order valence-corrected chi connectivity index (χ3v) is 7.35. The maximum absolute atomic E-state index is 12.5. The maximum atomic E-state index is 12.5. The first-order valence-electron chi connectivity index (χ1n) is 13.9. The first-order valence-corrected chi connectivity index (χ1v) is 14.3. The second-order valence-electron chi connectivity index (χ2n) is 10.1. The van der Waals surface area contributed by atoms with Gasteiger partial charge < -0.3 is 14.2 Å². The number of carbonyl (C=O) groups is 1. The Bertz CT molecular complexity index is 1440. The number of benzene rings is 4. The summed E-state index contributed by atoms with van der Waals surface area (Å²) in [5.41, 5.74) is 6.16. The zero-order valence-corrected chi connectivity index (χ0v) is 24.0. The van der Waals surface area contributed by atoms with Crippen molar-refractivity contribution >= 4 is 23.1 Å². The quantitative estimate of drug-likeness (QED) is 0.148. The molecule has 41 heavy (non-hydrogen) atoms. The summed E-state index contributed by atoms with van der Waals surface area (Å²) < 4.78 is 17.1. The number of ether oxygens (including phenoxy) is 3. The van der Waals surface area contributed by atoms with Crippen LogP contribution in [0.25, 0.3) is 5.57 Å². The van der Waals surface area contributed by atoms with Crippen molar-refractivity contribution in [2.24, 2.45) is 0 Å². The Morgan fingerprint density at radius 3 is 2.02 bits per heavy atom. The van der Waals surface area contributed by atoms with Crippen LogP contribution in [0, 0.1) is 0 Å². The molecule has 5 rings (SSSR count). The van der Waals surface area contributed by atoms with Crippen LogP contribution >= 0.6 is 11.6 Å². The number of hydrogen-bond donors (Lipinski definition) is 0. The van der Waals surface area contributed by atoms with Crippen LogP contribution in [0.4, 0.5) is 0 Å². The van der Waals surface area contributed by atoms with E-state index in [0.29, 0.717) is 17.9 Å². The van der Waals surface area contributed by atoms with Crippen molar-refractivity contribution in [3.05, 3.63) is 136 Å². The lowest BCUT2D eigenvalue weighted by Crippen LogP contribution is -2.38. The molecule has 1 fully saturated rings. The van der Waals surface area contributed by atoms with Crippen LogP contribution in [0.15, 0.2) is 109 Å². The van der Waals surface area contributed by atoms with Crippen LogP contribution in [-0.2, 0) is 11.2 Å². The summed E-state index contributed by atoms with van der Waals surface area (Å²) in [7, 11) is 0. The van der Waals surface area contributed by atoms with Crippen molar-refractivity contribution in [3.63, 3.8) is 0 Å². The van der Waals surface area contributed by atoms with E-state index in [0.717, 1.165) is 66.7 Å². The molecule has 4 aromatic carbocycles. The van der Waals surface area contributed by atoms with Gasteiger partial charge in [0.2, 0.25) is 0 Å². The fourth-order valence-electron chi connectivity index (χ4n) is 4.92. The first kappa shape index (κ1) is 28.6. The van der Waals surface area contributed by atoms with Gasteiger partial charge in [-0.25, -0.2) is 4.79 Å². The predicted molar refractivity (Wildman–Crippen MR) is 164 cm³/mol. The average molecular weight is 568 g/mol. The molecule has 0 radical (unpaired) electrons. The summed E-state index contributed by atoms with van der Waals surface area (Å²) >= 11 is 6.12. The molecular formula is C35H34ClNO4. The van der Waals surface area contributed by atoms with Gasteiger partial charge >= 0.3 is 5.97 Å². The molecule has 6 heteroatoms. The van der Waals surface area contributed by atoms with Crippen molar-refractivity contribution in [2.45, 2.75) is 13.3 Å². The van der Waals surface area contributed by atoms with Crippen molar-refractivity contribution in [1.82, 2.24) is 4.90 Å². The molecule has 1 saturated heterocycles. The molecule has 1 aliphatic rings. The molecule has 0 aromatic heterocycles. The van der Waals surface area contributed by atoms with Gasteiger partial charge in [-0.3, -0.25) is 4.90 Å². The van der Waals surface area contributed by atoms with E-state index in [4.69, 9.17) is 25.8 Å². The Morgan fingerprint density at radius 1 is 0.780 bits per heavy atom. The lowest BCUT2D eigenvalue weighted by molar-refractivity contribution is 0.0322. The third-order valence-electron chi connectivity index (χ3n) is 7.10.